The molecule has 0 fully saturated rings. The van der Waals surface area contributed by atoms with Crippen molar-refractivity contribution in [2.75, 3.05) is 12.5 Å². The van der Waals surface area contributed by atoms with Crippen molar-refractivity contribution in [2.45, 2.75) is 22.3 Å². The SMILES string of the molecule is CSC1CCc2cc(C(=O)O)ccc2[SH]1C. The Bertz CT molecular complexity index is 417. The molecule has 2 atom stereocenters. The molecule has 1 aliphatic rings. The first-order chi connectivity index (χ1) is 7.63. The van der Waals surface area contributed by atoms with Crippen molar-refractivity contribution < 1.29 is 9.90 Å². The van der Waals surface area contributed by atoms with E-state index in [0.717, 1.165) is 11.0 Å². The van der Waals surface area contributed by atoms with Crippen molar-refractivity contribution in [1.82, 2.24) is 0 Å². The predicted molar refractivity (Wildman–Crippen MR) is 72.2 cm³/mol. The van der Waals surface area contributed by atoms with E-state index in [1.807, 2.05) is 23.9 Å². The maximum Gasteiger partial charge on any atom is 0.335 e. The molecule has 0 saturated heterocycles. The molecule has 16 heavy (non-hydrogen) atoms. The molecule has 4 heteroatoms. The normalized spacial score (nSPS) is 26.1. The zero-order chi connectivity index (χ0) is 11.7. The Morgan fingerprint density at radius 3 is 2.94 bits per heavy atom. The molecule has 0 aliphatic carbocycles. The van der Waals surface area contributed by atoms with Crippen LogP contribution in [0.15, 0.2) is 23.1 Å². The number of rotatable bonds is 2. The minimum Gasteiger partial charge on any atom is -0.478 e. The minimum atomic E-state index is -0.824. The van der Waals surface area contributed by atoms with Crippen molar-refractivity contribution in [2.24, 2.45) is 0 Å². The molecule has 2 nitrogen and oxygen atoms in total. The number of thiol groups is 1. The largest absolute Gasteiger partial charge is 0.478 e. The van der Waals surface area contributed by atoms with Gasteiger partial charge in [0, 0.05) is 4.58 Å². The van der Waals surface area contributed by atoms with Crippen molar-refractivity contribution in [3.8, 4) is 0 Å². The highest BCUT2D eigenvalue weighted by Crippen LogP contribution is 2.49. The lowest BCUT2D eigenvalue weighted by Gasteiger charge is -2.33. The smallest absolute Gasteiger partial charge is 0.335 e. The van der Waals surface area contributed by atoms with Gasteiger partial charge in [-0.1, -0.05) is 0 Å². The summed E-state index contributed by atoms with van der Waals surface area (Å²) in [5, 5.41) is 8.95. The average molecular weight is 256 g/mol. The highest BCUT2D eigenvalue weighted by Gasteiger charge is 2.23. The Balaban J connectivity index is 2.37. The molecule has 0 radical (unpaired) electrons. The summed E-state index contributed by atoms with van der Waals surface area (Å²) >= 11 is 1.94. The van der Waals surface area contributed by atoms with Gasteiger partial charge in [0.2, 0.25) is 0 Å². The van der Waals surface area contributed by atoms with Crippen LogP contribution in [0.1, 0.15) is 22.3 Å². The molecule has 0 amide bonds. The molecule has 0 spiro atoms. The van der Waals surface area contributed by atoms with Crippen molar-refractivity contribution in [3.05, 3.63) is 29.3 Å². The number of hydrogen-bond acceptors (Lipinski definition) is 2. The van der Waals surface area contributed by atoms with Crippen molar-refractivity contribution >= 4 is 28.6 Å². The molecule has 0 aromatic heterocycles. The molecule has 0 bridgehead atoms. The van der Waals surface area contributed by atoms with E-state index in [4.69, 9.17) is 5.11 Å². The second-order valence-electron chi connectivity index (χ2n) is 3.99. The average Bonchev–Trinajstić information content (AvgIpc) is 2.29. The van der Waals surface area contributed by atoms with Gasteiger partial charge < -0.3 is 5.11 Å². The molecule has 2 rings (SSSR count). The fourth-order valence-corrected chi connectivity index (χ4v) is 5.89. The zero-order valence-electron chi connectivity index (χ0n) is 9.43. The van der Waals surface area contributed by atoms with Crippen LogP contribution < -0.4 is 0 Å². The lowest BCUT2D eigenvalue weighted by molar-refractivity contribution is 0.0696. The summed E-state index contributed by atoms with van der Waals surface area (Å²) in [6, 6.07) is 5.61. The monoisotopic (exact) mass is 256 g/mol. The van der Waals surface area contributed by atoms with Gasteiger partial charge >= 0.3 is 5.97 Å². The van der Waals surface area contributed by atoms with E-state index in [0.29, 0.717) is 5.56 Å². The first-order valence-corrected chi connectivity index (χ1v) is 8.40. The molecule has 1 aromatic rings. The minimum absolute atomic E-state index is 0.133. The van der Waals surface area contributed by atoms with Gasteiger partial charge in [0.25, 0.3) is 0 Å². The molecular weight excluding hydrogens is 240 g/mol. The van der Waals surface area contributed by atoms with Crippen molar-refractivity contribution in [3.63, 3.8) is 0 Å². The zero-order valence-corrected chi connectivity index (χ0v) is 11.1. The van der Waals surface area contributed by atoms with E-state index in [-0.39, 0.29) is 10.9 Å². The van der Waals surface area contributed by atoms with Gasteiger partial charge in [-0.25, -0.2) is 15.7 Å². The maximum absolute atomic E-state index is 10.9. The van der Waals surface area contributed by atoms with Gasteiger partial charge in [-0.2, -0.15) is 11.8 Å². The lowest BCUT2D eigenvalue weighted by atomic mass is 10.1. The summed E-state index contributed by atoms with van der Waals surface area (Å²) in [5.41, 5.74) is 1.67. The standard InChI is InChI=1S/C12H16O2S2/c1-15-11-6-4-8-7-9(12(13)14)3-5-10(8)16(11)2/h3,5,7,11,16H,4,6H2,1-2H3,(H,13,14). The number of carboxylic acids is 1. The Morgan fingerprint density at radius 1 is 1.56 bits per heavy atom. The van der Waals surface area contributed by atoms with Crippen LogP contribution in [-0.2, 0) is 6.42 Å². The summed E-state index contributed by atoms with van der Waals surface area (Å²) in [4.78, 5) is 12.3. The van der Waals surface area contributed by atoms with E-state index in [1.165, 1.54) is 16.9 Å². The van der Waals surface area contributed by atoms with Crippen LogP contribution in [0.2, 0.25) is 0 Å². The Morgan fingerprint density at radius 2 is 2.31 bits per heavy atom. The summed E-state index contributed by atoms with van der Waals surface area (Å²) in [5.74, 6) is -0.824. The summed E-state index contributed by atoms with van der Waals surface area (Å²) < 4.78 is 0.734. The van der Waals surface area contributed by atoms with Gasteiger partial charge in [0.15, 0.2) is 0 Å². The molecule has 1 aromatic carbocycles. The topological polar surface area (TPSA) is 37.3 Å². The van der Waals surface area contributed by atoms with Gasteiger partial charge in [0.05, 0.1) is 5.56 Å². The van der Waals surface area contributed by atoms with Gasteiger partial charge in [-0.3, -0.25) is 0 Å². The highest BCUT2D eigenvalue weighted by atomic mass is 32.2. The molecular formula is C12H16O2S2. The maximum atomic E-state index is 10.9. The van der Waals surface area contributed by atoms with Crippen LogP contribution in [0.4, 0.5) is 0 Å². The molecule has 1 heterocycles. The number of fused-ring (bicyclic) bond motifs is 1. The van der Waals surface area contributed by atoms with E-state index in [9.17, 15) is 4.79 Å². The Kier molecular flexibility index (Phi) is 3.50. The second kappa shape index (κ2) is 4.72. The number of thioether (sulfide) groups is 1. The molecule has 1 N–H and O–H groups in total. The Labute approximate surface area is 103 Å². The number of aromatic carboxylic acids is 1. The summed E-state index contributed by atoms with van der Waals surface area (Å²) in [7, 11) is -0.133. The number of carboxylic acid groups (broad SMARTS) is 1. The highest BCUT2D eigenvalue weighted by molar-refractivity contribution is 8.27. The van der Waals surface area contributed by atoms with Crippen LogP contribution in [0, 0.1) is 0 Å². The van der Waals surface area contributed by atoms with Crippen LogP contribution in [-0.4, -0.2) is 28.2 Å². The van der Waals surface area contributed by atoms with Gasteiger partial charge in [-0.15, -0.1) is 0 Å². The van der Waals surface area contributed by atoms with Crippen LogP contribution in [0.25, 0.3) is 0 Å². The summed E-state index contributed by atoms with van der Waals surface area (Å²) in [6.45, 7) is 0. The van der Waals surface area contributed by atoms with Crippen LogP contribution in [0.5, 0.6) is 0 Å². The number of hydrogen-bond donors (Lipinski definition) is 2. The quantitative estimate of drug-likeness (QED) is 0.799. The van der Waals surface area contributed by atoms with Gasteiger partial charge in [-0.05, 0) is 54.0 Å². The molecule has 1 aliphatic heterocycles. The third kappa shape index (κ3) is 2.09. The van der Waals surface area contributed by atoms with Crippen LogP contribution in [0.3, 0.4) is 0 Å². The molecule has 88 valence electrons. The third-order valence-corrected chi connectivity index (χ3v) is 7.75. The second-order valence-corrected chi connectivity index (χ2v) is 7.71. The first kappa shape index (κ1) is 11.9. The van der Waals surface area contributed by atoms with E-state index < -0.39 is 5.97 Å². The number of aryl methyl sites for hydroxylation is 1. The predicted octanol–water partition coefficient (Wildman–Crippen LogP) is 3.01. The fraction of sp³-hybridized carbons (Fsp3) is 0.417. The Hall–Kier alpha value is -0.610. The number of carbonyl (C=O) groups is 1. The van der Waals surface area contributed by atoms with Gasteiger partial charge in [0.1, 0.15) is 0 Å². The molecule has 2 unspecified atom stereocenters. The summed E-state index contributed by atoms with van der Waals surface area (Å²) in [6.07, 6.45) is 6.67. The molecule has 0 saturated carbocycles. The van der Waals surface area contributed by atoms with E-state index in [1.54, 1.807) is 6.07 Å². The van der Waals surface area contributed by atoms with E-state index >= 15 is 0 Å². The fourth-order valence-electron chi connectivity index (χ4n) is 2.17. The van der Waals surface area contributed by atoms with Crippen LogP contribution >= 0.6 is 22.7 Å². The first-order valence-electron chi connectivity index (χ1n) is 5.25. The van der Waals surface area contributed by atoms with Crippen molar-refractivity contribution in [1.29, 1.82) is 0 Å². The van der Waals surface area contributed by atoms with E-state index in [2.05, 4.69) is 12.5 Å². The lowest BCUT2D eigenvalue weighted by Crippen LogP contribution is -2.13. The third-order valence-electron chi connectivity index (χ3n) is 3.07. The number of benzene rings is 1.